The van der Waals surface area contributed by atoms with Gasteiger partial charge < -0.3 is 5.32 Å². The standard InChI is InChI=1S/C8H13F3N2O2/c1-3-4-12-7(14)6(2)13-15-5-8(9,10)11/h3,6,13H,1,4-5H2,2H3,(H,12,14). The number of hydrogen-bond acceptors (Lipinski definition) is 3. The van der Waals surface area contributed by atoms with Gasteiger partial charge in [-0.25, -0.2) is 0 Å². The Morgan fingerprint density at radius 3 is 2.67 bits per heavy atom. The zero-order chi connectivity index (χ0) is 11.9. The van der Waals surface area contributed by atoms with Crippen molar-refractivity contribution in [2.75, 3.05) is 13.2 Å². The molecular formula is C8H13F3N2O2. The third kappa shape index (κ3) is 7.95. The summed E-state index contributed by atoms with van der Waals surface area (Å²) in [5.74, 6) is -0.461. The summed E-state index contributed by atoms with van der Waals surface area (Å²) in [5, 5.41) is 2.40. The molecule has 0 aliphatic rings. The summed E-state index contributed by atoms with van der Waals surface area (Å²) in [6, 6.07) is -0.854. The number of rotatable bonds is 6. The topological polar surface area (TPSA) is 50.4 Å². The monoisotopic (exact) mass is 226 g/mol. The molecule has 0 rings (SSSR count). The van der Waals surface area contributed by atoms with E-state index < -0.39 is 24.7 Å². The van der Waals surface area contributed by atoms with Crippen LogP contribution >= 0.6 is 0 Å². The minimum absolute atomic E-state index is 0.254. The molecule has 0 fully saturated rings. The van der Waals surface area contributed by atoms with Crippen molar-refractivity contribution < 1.29 is 22.8 Å². The van der Waals surface area contributed by atoms with Gasteiger partial charge in [-0.05, 0) is 6.92 Å². The summed E-state index contributed by atoms with van der Waals surface area (Å²) in [6.07, 6.45) is -2.95. The van der Waals surface area contributed by atoms with Crippen LogP contribution in [0.25, 0.3) is 0 Å². The largest absolute Gasteiger partial charge is 0.413 e. The van der Waals surface area contributed by atoms with Crippen molar-refractivity contribution in [1.82, 2.24) is 10.8 Å². The molecule has 0 radical (unpaired) electrons. The molecule has 0 heterocycles. The average Bonchev–Trinajstić information content (AvgIpc) is 2.11. The predicted octanol–water partition coefficient (Wildman–Crippen LogP) is 0.761. The molecule has 15 heavy (non-hydrogen) atoms. The number of hydroxylamine groups is 1. The van der Waals surface area contributed by atoms with E-state index in [1.165, 1.54) is 13.0 Å². The molecule has 0 aliphatic heterocycles. The molecule has 7 heteroatoms. The highest BCUT2D eigenvalue weighted by atomic mass is 19.4. The molecule has 0 saturated carbocycles. The van der Waals surface area contributed by atoms with Crippen LogP contribution in [0.3, 0.4) is 0 Å². The Balaban J connectivity index is 3.68. The Kier molecular flexibility index (Phi) is 5.95. The molecule has 0 aromatic carbocycles. The Morgan fingerprint density at radius 2 is 2.20 bits per heavy atom. The molecule has 88 valence electrons. The lowest BCUT2D eigenvalue weighted by Crippen LogP contribution is -2.43. The lowest BCUT2D eigenvalue weighted by molar-refractivity contribution is -0.193. The van der Waals surface area contributed by atoms with E-state index in [9.17, 15) is 18.0 Å². The van der Waals surface area contributed by atoms with Gasteiger partial charge in [0.05, 0.1) is 0 Å². The van der Waals surface area contributed by atoms with Gasteiger partial charge in [-0.2, -0.15) is 18.7 Å². The molecule has 0 bridgehead atoms. The van der Waals surface area contributed by atoms with Crippen molar-refractivity contribution in [3.05, 3.63) is 12.7 Å². The Bertz CT molecular complexity index is 218. The van der Waals surface area contributed by atoms with Crippen molar-refractivity contribution in [2.45, 2.75) is 19.1 Å². The van der Waals surface area contributed by atoms with E-state index in [0.717, 1.165) is 0 Å². The average molecular weight is 226 g/mol. The van der Waals surface area contributed by atoms with Crippen LogP contribution in [0.4, 0.5) is 13.2 Å². The van der Waals surface area contributed by atoms with E-state index >= 15 is 0 Å². The number of carbonyl (C=O) groups excluding carboxylic acids is 1. The third-order valence-corrected chi connectivity index (χ3v) is 1.31. The summed E-state index contributed by atoms with van der Waals surface area (Å²) in [7, 11) is 0. The predicted molar refractivity (Wildman–Crippen MR) is 47.8 cm³/mol. The van der Waals surface area contributed by atoms with Crippen LogP contribution in [0.1, 0.15) is 6.92 Å². The van der Waals surface area contributed by atoms with E-state index in [0.29, 0.717) is 0 Å². The first-order valence-corrected chi connectivity index (χ1v) is 4.19. The molecule has 1 amide bonds. The van der Waals surface area contributed by atoms with E-state index in [2.05, 4.69) is 16.7 Å². The van der Waals surface area contributed by atoms with Crippen molar-refractivity contribution >= 4 is 5.91 Å². The van der Waals surface area contributed by atoms with Crippen molar-refractivity contribution in [1.29, 1.82) is 0 Å². The van der Waals surface area contributed by atoms with Crippen LogP contribution in [0.2, 0.25) is 0 Å². The summed E-state index contributed by atoms with van der Waals surface area (Å²) in [5.41, 5.74) is 1.98. The summed E-state index contributed by atoms with van der Waals surface area (Å²) >= 11 is 0. The maximum atomic E-state index is 11.6. The van der Waals surface area contributed by atoms with Crippen LogP contribution in [0.5, 0.6) is 0 Å². The second kappa shape index (κ2) is 6.41. The number of halogens is 3. The second-order valence-electron chi connectivity index (χ2n) is 2.78. The van der Waals surface area contributed by atoms with Gasteiger partial charge in [0.25, 0.3) is 0 Å². The molecule has 0 aliphatic carbocycles. The third-order valence-electron chi connectivity index (χ3n) is 1.31. The molecule has 1 atom stereocenters. The van der Waals surface area contributed by atoms with E-state index in [1.54, 1.807) is 0 Å². The van der Waals surface area contributed by atoms with Crippen LogP contribution in [0, 0.1) is 0 Å². The van der Waals surface area contributed by atoms with Gasteiger partial charge in [0.2, 0.25) is 5.91 Å². The van der Waals surface area contributed by atoms with Gasteiger partial charge in [0, 0.05) is 6.54 Å². The first kappa shape index (κ1) is 13.9. The highest BCUT2D eigenvalue weighted by Crippen LogP contribution is 2.13. The van der Waals surface area contributed by atoms with Gasteiger partial charge in [-0.15, -0.1) is 6.58 Å². The molecule has 2 N–H and O–H groups in total. The van der Waals surface area contributed by atoms with Crippen LogP contribution < -0.4 is 10.8 Å². The zero-order valence-corrected chi connectivity index (χ0v) is 8.23. The Hall–Kier alpha value is -1.08. The fraction of sp³-hybridized carbons (Fsp3) is 0.625. The highest BCUT2D eigenvalue weighted by Gasteiger charge is 2.28. The van der Waals surface area contributed by atoms with E-state index in [1.807, 2.05) is 5.48 Å². The van der Waals surface area contributed by atoms with Crippen LogP contribution in [-0.2, 0) is 9.63 Å². The van der Waals surface area contributed by atoms with Gasteiger partial charge in [-0.3, -0.25) is 9.63 Å². The van der Waals surface area contributed by atoms with Gasteiger partial charge >= 0.3 is 6.18 Å². The number of carbonyl (C=O) groups is 1. The minimum atomic E-state index is -4.41. The normalized spacial score (nSPS) is 13.3. The van der Waals surface area contributed by atoms with Gasteiger partial charge in [-0.1, -0.05) is 6.08 Å². The Morgan fingerprint density at radius 1 is 1.60 bits per heavy atom. The van der Waals surface area contributed by atoms with Gasteiger partial charge in [0.15, 0.2) is 6.61 Å². The maximum absolute atomic E-state index is 11.6. The van der Waals surface area contributed by atoms with Crippen LogP contribution in [-0.4, -0.2) is 31.3 Å². The van der Waals surface area contributed by atoms with Crippen LogP contribution in [0.15, 0.2) is 12.7 Å². The van der Waals surface area contributed by atoms with E-state index in [4.69, 9.17) is 0 Å². The molecule has 0 aromatic heterocycles. The Labute approximate surface area is 85.4 Å². The lowest BCUT2D eigenvalue weighted by atomic mass is 10.3. The summed E-state index contributed by atoms with van der Waals surface area (Å²) in [6.45, 7) is 3.57. The molecule has 0 saturated heterocycles. The van der Waals surface area contributed by atoms with Crippen molar-refractivity contribution in [2.24, 2.45) is 0 Å². The quantitative estimate of drug-likeness (QED) is 0.519. The second-order valence-corrected chi connectivity index (χ2v) is 2.78. The zero-order valence-electron chi connectivity index (χ0n) is 8.23. The molecule has 0 aromatic rings. The first-order valence-electron chi connectivity index (χ1n) is 4.19. The smallest absolute Gasteiger partial charge is 0.351 e. The number of hydrogen-bond donors (Lipinski definition) is 2. The fourth-order valence-corrected chi connectivity index (χ4v) is 0.628. The SMILES string of the molecule is C=CCNC(=O)C(C)NOCC(F)(F)F. The minimum Gasteiger partial charge on any atom is -0.351 e. The van der Waals surface area contributed by atoms with Crippen molar-refractivity contribution in [3.8, 4) is 0 Å². The number of amides is 1. The first-order chi connectivity index (χ1) is 6.87. The summed E-state index contributed by atoms with van der Waals surface area (Å²) < 4.78 is 34.9. The number of nitrogens with one attached hydrogen (secondary N) is 2. The summed E-state index contributed by atoms with van der Waals surface area (Å²) in [4.78, 5) is 15.2. The fourth-order valence-electron chi connectivity index (χ4n) is 0.628. The van der Waals surface area contributed by atoms with Gasteiger partial charge in [0.1, 0.15) is 6.04 Å². The maximum Gasteiger partial charge on any atom is 0.413 e. The molecule has 0 spiro atoms. The van der Waals surface area contributed by atoms with Crippen molar-refractivity contribution in [3.63, 3.8) is 0 Å². The van der Waals surface area contributed by atoms with E-state index in [-0.39, 0.29) is 6.54 Å². The molecule has 4 nitrogen and oxygen atoms in total. The number of alkyl halides is 3. The molecule has 1 unspecified atom stereocenters. The lowest BCUT2D eigenvalue weighted by Gasteiger charge is -2.14. The highest BCUT2D eigenvalue weighted by molar-refractivity contribution is 5.81. The molecular weight excluding hydrogens is 213 g/mol.